The minimum Gasteiger partial charge on any atom is -0.349 e. The van der Waals surface area contributed by atoms with E-state index in [2.05, 4.69) is 34.5 Å². The largest absolute Gasteiger partial charge is 0.349 e. The van der Waals surface area contributed by atoms with Gasteiger partial charge in [0.1, 0.15) is 0 Å². The van der Waals surface area contributed by atoms with Gasteiger partial charge in [0.05, 0.1) is 11.8 Å². The molecule has 3 rings (SSSR count). The molecular formula is C18H24N2O3S. The number of piperidine rings is 1. The number of rotatable bonds is 5. The van der Waals surface area contributed by atoms with Crippen molar-refractivity contribution < 1.29 is 13.2 Å². The number of carbonyl (C=O) groups excluding carboxylic acids is 1. The van der Waals surface area contributed by atoms with Gasteiger partial charge in [-0.05, 0) is 43.5 Å². The highest BCUT2D eigenvalue weighted by Crippen LogP contribution is 2.22. The first kappa shape index (κ1) is 17.2. The van der Waals surface area contributed by atoms with Crippen LogP contribution in [0.25, 0.3) is 0 Å². The molecule has 1 fully saturated rings. The summed E-state index contributed by atoms with van der Waals surface area (Å²) in [5.41, 5.74) is 1.32. The molecule has 0 bridgehead atoms. The Morgan fingerprint density at radius 1 is 1.17 bits per heavy atom. The van der Waals surface area contributed by atoms with E-state index in [1.165, 1.54) is 11.0 Å². The lowest BCUT2D eigenvalue weighted by molar-refractivity contribution is -0.122. The smallest absolute Gasteiger partial charge is 0.220 e. The van der Waals surface area contributed by atoms with Gasteiger partial charge in [0.15, 0.2) is 9.84 Å². The number of carbonyl (C=O) groups is 1. The van der Waals surface area contributed by atoms with Gasteiger partial charge in [0.2, 0.25) is 5.91 Å². The summed E-state index contributed by atoms with van der Waals surface area (Å²) in [7, 11) is -3.11. The minimum atomic E-state index is -3.11. The zero-order chi connectivity index (χ0) is 17.0. The zero-order valence-electron chi connectivity index (χ0n) is 13.7. The number of benzene rings is 1. The quantitative estimate of drug-likeness (QED) is 0.880. The summed E-state index contributed by atoms with van der Waals surface area (Å²) in [6.07, 6.45) is 4.08. The van der Waals surface area contributed by atoms with Crippen LogP contribution in [-0.2, 0) is 21.2 Å². The van der Waals surface area contributed by atoms with Crippen LogP contribution in [0.2, 0.25) is 0 Å². The van der Waals surface area contributed by atoms with Gasteiger partial charge in [0, 0.05) is 18.4 Å². The van der Waals surface area contributed by atoms with Crippen molar-refractivity contribution in [1.29, 1.82) is 0 Å². The summed E-state index contributed by atoms with van der Waals surface area (Å²) in [6, 6.07) is 10.1. The molecule has 1 aromatic carbocycles. The van der Waals surface area contributed by atoms with E-state index in [1.54, 1.807) is 6.08 Å². The Balaban J connectivity index is 1.39. The molecule has 0 unspecified atom stereocenters. The Labute approximate surface area is 143 Å². The first-order valence-corrected chi connectivity index (χ1v) is 10.2. The number of nitrogens with one attached hydrogen (secondary N) is 1. The summed E-state index contributed by atoms with van der Waals surface area (Å²) in [5.74, 6) is 0.344. The van der Waals surface area contributed by atoms with Crippen LogP contribution in [0.5, 0.6) is 0 Å². The van der Waals surface area contributed by atoms with E-state index in [0.29, 0.717) is 12.3 Å². The molecule has 24 heavy (non-hydrogen) atoms. The molecule has 130 valence electrons. The molecule has 1 atom stereocenters. The molecular weight excluding hydrogens is 324 g/mol. The lowest BCUT2D eigenvalue weighted by atomic mass is 9.93. The van der Waals surface area contributed by atoms with Crippen molar-refractivity contribution in [3.8, 4) is 0 Å². The van der Waals surface area contributed by atoms with Crippen LogP contribution in [0, 0.1) is 5.92 Å². The second-order valence-corrected chi connectivity index (χ2v) is 8.67. The highest BCUT2D eigenvalue weighted by atomic mass is 32.2. The van der Waals surface area contributed by atoms with Crippen LogP contribution in [0.1, 0.15) is 24.8 Å². The third kappa shape index (κ3) is 4.92. The Kier molecular flexibility index (Phi) is 5.36. The second-order valence-electron chi connectivity index (χ2n) is 6.74. The molecule has 5 nitrogen and oxygen atoms in total. The Bertz CT molecular complexity index is 692. The van der Waals surface area contributed by atoms with Crippen molar-refractivity contribution in [2.24, 2.45) is 5.92 Å². The zero-order valence-corrected chi connectivity index (χ0v) is 14.5. The highest BCUT2D eigenvalue weighted by Gasteiger charge is 2.25. The molecule has 0 saturated carbocycles. The van der Waals surface area contributed by atoms with Gasteiger partial charge in [-0.25, -0.2) is 8.42 Å². The molecule has 1 saturated heterocycles. The van der Waals surface area contributed by atoms with Crippen LogP contribution in [0.3, 0.4) is 0 Å². The second kappa shape index (κ2) is 7.49. The predicted octanol–water partition coefficient (Wildman–Crippen LogP) is 1.72. The number of amides is 1. The third-order valence-corrected chi connectivity index (χ3v) is 6.10. The van der Waals surface area contributed by atoms with E-state index >= 15 is 0 Å². The van der Waals surface area contributed by atoms with E-state index in [4.69, 9.17) is 0 Å². The van der Waals surface area contributed by atoms with Gasteiger partial charge < -0.3 is 5.32 Å². The van der Waals surface area contributed by atoms with E-state index < -0.39 is 9.84 Å². The summed E-state index contributed by atoms with van der Waals surface area (Å²) < 4.78 is 22.7. The molecule has 2 heterocycles. The summed E-state index contributed by atoms with van der Waals surface area (Å²) in [5, 5.41) is 4.01. The van der Waals surface area contributed by atoms with Crippen LogP contribution >= 0.6 is 0 Å². The molecule has 2 aliphatic heterocycles. The molecule has 0 aliphatic carbocycles. The monoisotopic (exact) mass is 348 g/mol. The maximum atomic E-state index is 12.1. The van der Waals surface area contributed by atoms with Crippen LogP contribution in [0.4, 0.5) is 0 Å². The molecule has 0 aromatic heterocycles. The summed E-state index contributed by atoms with van der Waals surface area (Å²) in [6.45, 7) is 2.97. The fourth-order valence-corrected chi connectivity index (χ4v) is 4.62. The van der Waals surface area contributed by atoms with Crippen molar-refractivity contribution in [2.45, 2.75) is 31.8 Å². The molecule has 1 N–H and O–H groups in total. The van der Waals surface area contributed by atoms with Crippen LogP contribution in [-0.4, -0.2) is 44.1 Å². The lowest BCUT2D eigenvalue weighted by Crippen LogP contribution is -2.39. The van der Waals surface area contributed by atoms with Crippen molar-refractivity contribution >= 4 is 15.7 Å². The first-order valence-electron chi connectivity index (χ1n) is 8.47. The average molecular weight is 348 g/mol. The van der Waals surface area contributed by atoms with Crippen molar-refractivity contribution in [3.63, 3.8) is 0 Å². The predicted molar refractivity (Wildman–Crippen MR) is 93.9 cm³/mol. The SMILES string of the molecule is O=C(CC1CCN(Cc2ccccc2)CC1)N[C@@H]1C=CS(=O)(=O)C1. The van der Waals surface area contributed by atoms with E-state index in [1.807, 2.05) is 6.07 Å². The maximum Gasteiger partial charge on any atom is 0.220 e. The lowest BCUT2D eigenvalue weighted by Gasteiger charge is -2.31. The number of sulfone groups is 1. The standard InChI is InChI=1S/C18H24N2O3S/c21-18(19-17-8-11-24(22,23)14-17)12-15-6-9-20(10-7-15)13-16-4-2-1-3-5-16/h1-5,8,11,15,17H,6-7,9-10,12-14H2,(H,19,21)/t17-/m1/s1. The van der Waals surface area contributed by atoms with Gasteiger partial charge in [0.25, 0.3) is 0 Å². The molecule has 6 heteroatoms. The van der Waals surface area contributed by atoms with E-state index in [9.17, 15) is 13.2 Å². The van der Waals surface area contributed by atoms with Gasteiger partial charge in [-0.1, -0.05) is 30.3 Å². The highest BCUT2D eigenvalue weighted by molar-refractivity contribution is 7.94. The molecule has 0 spiro atoms. The van der Waals surface area contributed by atoms with Gasteiger partial charge in [-0.2, -0.15) is 0 Å². The number of likely N-dealkylation sites (tertiary alicyclic amines) is 1. The van der Waals surface area contributed by atoms with Crippen molar-refractivity contribution in [2.75, 3.05) is 18.8 Å². The molecule has 2 aliphatic rings. The molecule has 1 amide bonds. The van der Waals surface area contributed by atoms with Gasteiger partial charge in [-0.3, -0.25) is 9.69 Å². The maximum absolute atomic E-state index is 12.1. The topological polar surface area (TPSA) is 66.5 Å². The third-order valence-electron chi connectivity index (χ3n) is 4.71. The van der Waals surface area contributed by atoms with Crippen LogP contribution in [0.15, 0.2) is 41.8 Å². The first-order chi connectivity index (χ1) is 11.5. The number of hydrogen-bond donors (Lipinski definition) is 1. The van der Waals surface area contributed by atoms with Crippen molar-refractivity contribution in [1.82, 2.24) is 10.2 Å². The Morgan fingerprint density at radius 2 is 1.88 bits per heavy atom. The van der Waals surface area contributed by atoms with E-state index in [-0.39, 0.29) is 17.7 Å². The number of nitrogens with zero attached hydrogens (tertiary/aromatic N) is 1. The summed E-state index contributed by atoms with van der Waals surface area (Å²) >= 11 is 0. The Hall–Kier alpha value is -1.66. The molecule has 1 aromatic rings. The average Bonchev–Trinajstić information content (AvgIpc) is 2.89. The normalized spacial score (nSPS) is 24.1. The van der Waals surface area contributed by atoms with E-state index in [0.717, 1.165) is 32.5 Å². The molecule has 0 radical (unpaired) electrons. The Morgan fingerprint density at radius 3 is 2.50 bits per heavy atom. The summed E-state index contributed by atoms with van der Waals surface area (Å²) in [4.78, 5) is 14.5. The fourth-order valence-electron chi connectivity index (χ4n) is 3.38. The fraction of sp³-hybridized carbons (Fsp3) is 0.500. The van der Waals surface area contributed by atoms with Crippen molar-refractivity contribution in [3.05, 3.63) is 47.4 Å². The van der Waals surface area contributed by atoms with Gasteiger partial charge >= 0.3 is 0 Å². The number of hydrogen-bond acceptors (Lipinski definition) is 4. The van der Waals surface area contributed by atoms with Crippen LogP contribution < -0.4 is 5.32 Å². The minimum absolute atomic E-state index is 0.00569. The van der Waals surface area contributed by atoms with Gasteiger partial charge in [-0.15, -0.1) is 0 Å².